The van der Waals surface area contributed by atoms with Crippen LogP contribution in [0.4, 0.5) is 5.13 Å². The molecule has 0 unspecified atom stereocenters. The number of carbonyl (C=O) groups is 2. The Bertz CT molecular complexity index is 712. The fourth-order valence-electron chi connectivity index (χ4n) is 1.64. The lowest BCUT2D eigenvalue weighted by Crippen LogP contribution is -2.11. The Morgan fingerprint density at radius 2 is 2.05 bits per heavy atom. The van der Waals surface area contributed by atoms with Gasteiger partial charge in [0.05, 0.1) is 12.8 Å². The molecule has 0 atom stereocenters. The van der Waals surface area contributed by atoms with Crippen molar-refractivity contribution in [2.75, 3.05) is 12.4 Å². The normalized spacial score (nSPS) is 10.3. The van der Waals surface area contributed by atoms with Gasteiger partial charge >= 0.3 is 5.97 Å². The Hall–Kier alpha value is -1.92. The molecule has 0 aliphatic heterocycles. The third-order valence-corrected chi connectivity index (χ3v) is 4.28. The van der Waals surface area contributed by atoms with E-state index in [1.807, 2.05) is 6.92 Å². The second kappa shape index (κ2) is 6.24. The van der Waals surface area contributed by atoms with E-state index in [9.17, 15) is 9.59 Å². The van der Waals surface area contributed by atoms with Crippen molar-refractivity contribution in [3.05, 3.63) is 44.9 Å². The Kier molecular flexibility index (Phi) is 4.59. The van der Waals surface area contributed by atoms with E-state index in [0.29, 0.717) is 26.3 Å². The number of ether oxygens (including phenoxy) is 1. The molecule has 0 saturated heterocycles. The summed E-state index contributed by atoms with van der Waals surface area (Å²) in [7, 11) is 1.30. The molecule has 0 spiro atoms. The van der Waals surface area contributed by atoms with Crippen molar-refractivity contribution in [2.24, 2.45) is 0 Å². The number of rotatable bonds is 3. The molecule has 1 aromatic heterocycles. The van der Waals surface area contributed by atoms with E-state index < -0.39 is 5.97 Å². The summed E-state index contributed by atoms with van der Waals surface area (Å²) in [5.41, 5.74) is 1.84. The first kappa shape index (κ1) is 15.5. The molecule has 0 aliphatic rings. The van der Waals surface area contributed by atoms with Gasteiger partial charge in [-0.1, -0.05) is 29.0 Å². The van der Waals surface area contributed by atoms with Gasteiger partial charge in [0.1, 0.15) is 4.88 Å². The minimum absolute atomic E-state index is 0.331. The topological polar surface area (TPSA) is 68.3 Å². The van der Waals surface area contributed by atoms with Crippen molar-refractivity contribution in [1.82, 2.24) is 4.98 Å². The number of methoxy groups -OCH3 is 1. The van der Waals surface area contributed by atoms with E-state index in [0.717, 1.165) is 16.9 Å². The van der Waals surface area contributed by atoms with E-state index >= 15 is 0 Å². The van der Waals surface area contributed by atoms with Crippen molar-refractivity contribution >= 4 is 39.9 Å². The van der Waals surface area contributed by atoms with Crippen LogP contribution in [0.3, 0.4) is 0 Å². The van der Waals surface area contributed by atoms with Gasteiger partial charge in [-0.2, -0.15) is 0 Å². The van der Waals surface area contributed by atoms with Crippen LogP contribution in [0.5, 0.6) is 0 Å². The van der Waals surface area contributed by atoms with Crippen LogP contribution in [0.2, 0.25) is 5.02 Å². The van der Waals surface area contributed by atoms with Crippen molar-refractivity contribution < 1.29 is 14.3 Å². The molecule has 0 bridgehead atoms. The summed E-state index contributed by atoms with van der Waals surface area (Å²) in [6, 6.07) is 5.04. The number of amides is 1. The molecule has 1 N–H and O–H groups in total. The van der Waals surface area contributed by atoms with E-state index in [-0.39, 0.29) is 5.91 Å². The van der Waals surface area contributed by atoms with Crippen LogP contribution in [0.25, 0.3) is 0 Å². The van der Waals surface area contributed by atoms with Crippen LogP contribution in [-0.4, -0.2) is 24.0 Å². The molecule has 110 valence electrons. The average Bonchev–Trinajstić information content (AvgIpc) is 2.81. The lowest BCUT2D eigenvalue weighted by molar-refractivity contribution is 0.0605. The van der Waals surface area contributed by atoms with E-state index in [1.165, 1.54) is 7.11 Å². The standard InChI is InChI=1S/C14H13ClN2O3S/c1-7-4-5-9(6-10(7)15)12(18)17-14-16-8(2)11(21-14)13(19)20-3/h4-6H,1-3H3,(H,16,17,18). The number of nitrogens with zero attached hydrogens (tertiary/aromatic N) is 1. The highest BCUT2D eigenvalue weighted by Gasteiger charge is 2.17. The molecule has 0 aliphatic carbocycles. The van der Waals surface area contributed by atoms with Crippen LogP contribution < -0.4 is 5.32 Å². The number of hydrogen-bond acceptors (Lipinski definition) is 5. The third-order valence-electron chi connectivity index (χ3n) is 2.82. The van der Waals surface area contributed by atoms with Gasteiger partial charge in [-0.05, 0) is 31.5 Å². The number of esters is 1. The monoisotopic (exact) mass is 324 g/mol. The number of nitrogens with one attached hydrogen (secondary N) is 1. The Labute approximate surface area is 130 Å². The summed E-state index contributed by atoms with van der Waals surface area (Å²) in [4.78, 5) is 28.1. The zero-order valence-corrected chi connectivity index (χ0v) is 13.3. The van der Waals surface area contributed by atoms with E-state index in [2.05, 4.69) is 15.0 Å². The molecule has 5 nitrogen and oxygen atoms in total. The highest BCUT2D eigenvalue weighted by Crippen LogP contribution is 2.24. The maximum atomic E-state index is 12.1. The fourth-order valence-corrected chi connectivity index (χ4v) is 2.70. The quantitative estimate of drug-likeness (QED) is 0.878. The van der Waals surface area contributed by atoms with Gasteiger partial charge in [0.2, 0.25) is 0 Å². The highest BCUT2D eigenvalue weighted by atomic mass is 35.5. The number of benzene rings is 1. The SMILES string of the molecule is COC(=O)c1sc(NC(=O)c2ccc(C)c(Cl)c2)nc1C. The Balaban J connectivity index is 2.19. The van der Waals surface area contributed by atoms with Gasteiger partial charge in [-0.25, -0.2) is 9.78 Å². The van der Waals surface area contributed by atoms with Gasteiger partial charge in [0, 0.05) is 10.6 Å². The first-order valence-electron chi connectivity index (χ1n) is 6.05. The molecule has 21 heavy (non-hydrogen) atoms. The van der Waals surface area contributed by atoms with Crippen molar-refractivity contribution in [3.8, 4) is 0 Å². The van der Waals surface area contributed by atoms with Gasteiger partial charge < -0.3 is 4.74 Å². The van der Waals surface area contributed by atoms with E-state index in [1.54, 1.807) is 25.1 Å². The zero-order valence-electron chi connectivity index (χ0n) is 11.7. The van der Waals surface area contributed by atoms with Crippen LogP contribution in [0.1, 0.15) is 31.3 Å². The van der Waals surface area contributed by atoms with Crippen molar-refractivity contribution in [2.45, 2.75) is 13.8 Å². The second-order valence-electron chi connectivity index (χ2n) is 4.34. The summed E-state index contributed by atoms with van der Waals surface area (Å²) >= 11 is 7.07. The van der Waals surface area contributed by atoms with E-state index in [4.69, 9.17) is 11.6 Å². The lowest BCUT2D eigenvalue weighted by atomic mass is 10.1. The first-order valence-corrected chi connectivity index (χ1v) is 7.25. The number of thiazole rings is 1. The summed E-state index contributed by atoms with van der Waals surface area (Å²) in [5, 5.41) is 3.51. The third kappa shape index (κ3) is 3.40. The number of halogens is 1. The van der Waals surface area contributed by atoms with Crippen molar-refractivity contribution in [1.29, 1.82) is 0 Å². The molecule has 0 fully saturated rings. The molecule has 0 radical (unpaired) electrons. The molecule has 1 aromatic carbocycles. The summed E-state index contributed by atoms with van der Waals surface area (Å²) < 4.78 is 4.65. The van der Waals surface area contributed by atoms with Gasteiger partial charge in [-0.3, -0.25) is 10.1 Å². The molecule has 2 aromatic rings. The highest BCUT2D eigenvalue weighted by molar-refractivity contribution is 7.17. The summed E-state index contributed by atoms with van der Waals surface area (Å²) in [5.74, 6) is -0.800. The molecule has 7 heteroatoms. The number of aromatic nitrogens is 1. The van der Waals surface area contributed by atoms with Gasteiger partial charge in [0.15, 0.2) is 5.13 Å². The predicted molar refractivity (Wildman–Crippen MR) is 82.3 cm³/mol. The largest absolute Gasteiger partial charge is 0.465 e. The lowest BCUT2D eigenvalue weighted by Gasteiger charge is -2.03. The molecule has 1 amide bonds. The maximum absolute atomic E-state index is 12.1. The van der Waals surface area contributed by atoms with Crippen LogP contribution >= 0.6 is 22.9 Å². The molecular formula is C14H13ClN2O3S. The number of hydrogen-bond donors (Lipinski definition) is 1. The molecule has 0 saturated carbocycles. The molecular weight excluding hydrogens is 312 g/mol. The smallest absolute Gasteiger partial charge is 0.350 e. The summed E-state index contributed by atoms with van der Waals surface area (Å²) in [6.07, 6.45) is 0. The van der Waals surface area contributed by atoms with Gasteiger partial charge in [0.25, 0.3) is 5.91 Å². The predicted octanol–water partition coefficient (Wildman–Crippen LogP) is 3.45. The van der Waals surface area contributed by atoms with Crippen LogP contribution in [0, 0.1) is 13.8 Å². The van der Waals surface area contributed by atoms with Gasteiger partial charge in [-0.15, -0.1) is 0 Å². The minimum atomic E-state index is -0.469. The Morgan fingerprint density at radius 3 is 2.67 bits per heavy atom. The zero-order chi connectivity index (χ0) is 15.6. The molecule has 2 rings (SSSR count). The molecule has 1 heterocycles. The average molecular weight is 325 g/mol. The summed E-state index contributed by atoms with van der Waals surface area (Å²) in [6.45, 7) is 3.54. The van der Waals surface area contributed by atoms with Crippen molar-refractivity contribution in [3.63, 3.8) is 0 Å². The van der Waals surface area contributed by atoms with Crippen LogP contribution in [-0.2, 0) is 4.74 Å². The van der Waals surface area contributed by atoms with Crippen LogP contribution in [0.15, 0.2) is 18.2 Å². The fraction of sp³-hybridized carbons (Fsp3) is 0.214. The second-order valence-corrected chi connectivity index (χ2v) is 5.75. The maximum Gasteiger partial charge on any atom is 0.350 e. The first-order chi connectivity index (χ1) is 9.92. The number of carbonyl (C=O) groups excluding carboxylic acids is 2. The Morgan fingerprint density at radius 1 is 1.33 bits per heavy atom. The number of anilines is 1. The number of aryl methyl sites for hydroxylation is 2. The minimum Gasteiger partial charge on any atom is -0.465 e.